The number of aromatic hydroxyl groups is 1. The molecule has 10 heteroatoms. The number of carbonyl (C=O) groups is 3. The first-order valence-corrected chi connectivity index (χ1v) is 9.04. The summed E-state index contributed by atoms with van der Waals surface area (Å²) in [4.78, 5) is 37.7. The third kappa shape index (κ3) is 3.15. The van der Waals surface area contributed by atoms with Crippen molar-refractivity contribution >= 4 is 29.5 Å². The van der Waals surface area contributed by atoms with E-state index in [1.807, 2.05) is 0 Å². The lowest BCUT2D eigenvalue weighted by molar-refractivity contribution is -0.192. The molecule has 4 N–H and O–H groups in total. The van der Waals surface area contributed by atoms with Crippen LogP contribution in [0.5, 0.6) is 5.75 Å². The standard InChI is InChI=1S/C17H18N2O7S/c1-26-17(18-12(22)6-9-2-4-11(21)5-3-9)15(25)19-13(14(23)24)10(7-20)8-27-16(17)19/h2-5,16,20-21H,6-8H2,1H3,(H,18,22)(H,23,24)/t16-,17+/m1/s1. The Kier molecular flexibility index (Phi) is 5.13. The fourth-order valence-electron chi connectivity index (χ4n) is 3.12. The number of rotatable bonds is 6. The molecule has 1 aromatic rings. The van der Waals surface area contributed by atoms with Crippen molar-refractivity contribution in [1.82, 2.24) is 10.2 Å². The molecular weight excluding hydrogens is 376 g/mol. The number of carboxylic acids is 1. The third-order valence-electron chi connectivity index (χ3n) is 4.45. The number of amides is 2. The molecule has 2 atom stereocenters. The van der Waals surface area contributed by atoms with Crippen molar-refractivity contribution in [1.29, 1.82) is 0 Å². The van der Waals surface area contributed by atoms with E-state index in [-0.39, 0.29) is 29.2 Å². The van der Waals surface area contributed by atoms with Gasteiger partial charge in [0.1, 0.15) is 16.8 Å². The molecule has 0 radical (unpaired) electrons. The number of nitrogens with one attached hydrogen (secondary N) is 1. The van der Waals surface area contributed by atoms with Crippen molar-refractivity contribution in [2.45, 2.75) is 17.5 Å². The molecule has 1 saturated heterocycles. The first-order valence-electron chi connectivity index (χ1n) is 7.99. The normalized spacial score (nSPS) is 24.3. The van der Waals surface area contributed by atoms with Crippen LogP contribution in [0.4, 0.5) is 0 Å². The van der Waals surface area contributed by atoms with Gasteiger partial charge in [-0.15, -0.1) is 11.8 Å². The van der Waals surface area contributed by atoms with Gasteiger partial charge in [0, 0.05) is 12.9 Å². The summed E-state index contributed by atoms with van der Waals surface area (Å²) in [6.07, 6.45) is -0.0421. The molecule has 0 bridgehead atoms. The van der Waals surface area contributed by atoms with Gasteiger partial charge in [-0.05, 0) is 23.3 Å². The molecule has 0 unspecified atom stereocenters. The predicted molar refractivity (Wildman–Crippen MR) is 94.5 cm³/mol. The number of nitrogens with zero attached hydrogens (tertiary/aromatic N) is 1. The van der Waals surface area contributed by atoms with E-state index in [2.05, 4.69) is 5.32 Å². The maximum Gasteiger partial charge on any atom is 0.352 e. The highest BCUT2D eigenvalue weighted by Crippen LogP contribution is 2.46. The maximum absolute atomic E-state index is 12.7. The molecule has 2 heterocycles. The summed E-state index contributed by atoms with van der Waals surface area (Å²) in [6, 6.07) is 6.05. The number of β-lactam (4-membered cyclic amide) rings is 1. The molecule has 0 saturated carbocycles. The monoisotopic (exact) mass is 394 g/mol. The van der Waals surface area contributed by atoms with Crippen molar-refractivity contribution in [3.63, 3.8) is 0 Å². The number of carbonyl (C=O) groups excluding carboxylic acids is 2. The van der Waals surface area contributed by atoms with Crippen LogP contribution in [0, 0.1) is 0 Å². The van der Waals surface area contributed by atoms with Crippen LogP contribution in [0.1, 0.15) is 5.56 Å². The molecule has 2 amide bonds. The van der Waals surface area contributed by atoms with Gasteiger partial charge < -0.3 is 25.4 Å². The molecule has 144 valence electrons. The maximum atomic E-state index is 12.7. The number of hydrogen-bond donors (Lipinski definition) is 4. The minimum Gasteiger partial charge on any atom is -0.508 e. The van der Waals surface area contributed by atoms with Gasteiger partial charge in [-0.25, -0.2) is 4.79 Å². The number of phenols is 1. The van der Waals surface area contributed by atoms with Crippen molar-refractivity contribution in [3.05, 3.63) is 41.1 Å². The largest absolute Gasteiger partial charge is 0.508 e. The molecular formula is C17H18N2O7S. The molecule has 0 aromatic heterocycles. The molecule has 1 fully saturated rings. The number of phenolic OH excluding ortho intramolecular Hbond substituents is 1. The molecule has 0 spiro atoms. The van der Waals surface area contributed by atoms with Crippen molar-refractivity contribution in [3.8, 4) is 5.75 Å². The van der Waals surface area contributed by atoms with Gasteiger partial charge in [-0.1, -0.05) is 12.1 Å². The molecule has 27 heavy (non-hydrogen) atoms. The van der Waals surface area contributed by atoms with Crippen LogP contribution in [0.15, 0.2) is 35.5 Å². The van der Waals surface area contributed by atoms with Crippen LogP contribution < -0.4 is 5.32 Å². The van der Waals surface area contributed by atoms with Gasteiger partial charge in [0.25, 0.3) is 11.6 Å². The minimum atomic E-state index is -1.67. The Hall–Kier alpha value is -2.56. The molecule has 9 nitrogen and oxygen atoms in total. The van der Waals surface area contributed by atoms with Crippen LogP contribution in [-0.4, -0.2) is 68.6 Å². The number of benzene rings is 1. The van der Waals surface area contributed by atoms with Gasteiger partial charge in [-0.3, -0.25) is 14.5 Å². The number of hydrogen-bond acceptors (Lipinski definition) is 7. The number of methoxy groups -OCH3 is 1. The van der Waals surface area contributed by atoms with E-state index in [0.29, 0.717) is 5.56 Å². The summed E-state index contributed by atoms with van der Waals surface area (Å²) >= 11 is 1.20. The SMILES string of the molecule is CO[C@@]1(NC(=O)Cc2ccc(O)cc2)C(=O)N2C(C(=O)O)=C(CO)CS[C@@H]21. The van der Waals surface area contributed by atoms with E-state index < -0.39 is 35.5 Å². The lowest BCUT2D eigenvalue weighted by Crippen LogP contribution is -2.80. The fraction of sp³-hybridized carbons (Fsp3) is 0.353. The van der Waals surface area contributed by atoms with Crippen LogP contribution in [0.25, 0.3) is 0 Å². The second-order valence-electron chi connectivity index (χ2n) is 6.09. The van der Waals surface area contributed by atoms with Crippen molar-refractivity contribution < 1.29 is 34.4 Å². The molecule has 3 rings (SSSR count). The summed E-state index contributed by atoms with van der Waals surface area (Å²) in [7, 11) is 1.27. The van der Waals surface area contributed by atoms with E-state index >= 15 is 0 Å². The number of fused-ring (bicyclic) bond motifs is 1. The fourth-order valence-corrected chi connectivity index (χ4v) is 4.54. The first-order chi connectivity index (χ1) is 12.8. The van der Waals surface area contributed by atoms with E-state index in [9.17, 15) is 29.7 Å². The minimum absolute atomic E-state index is 0.0421. The summed E-state index contributed by atoms with van der Waals surface area (Å²) in [6.45, 7) is -0.474. The highest BCUT2D eigenvalue weighted by molar-refractivity contribution is 8.00. The number of ether oxygens (including phenoxy) is 1. The number of thioether (sulfide) groups is 1. The second-order valence-corrected chi connectivity index (χ2v) is 7.15. The van der Waals surface area contributed by atoms with Crippen molar-refractivity contribution in [2.24, 2.45) is 0 Å². The topological polar surface area (TPSA) is 136 Å². The quantitative estimate of drug-likeness (QED) is 0.379. The predicted octanol–water partition coefficient (Wildman–Crippen LogP) is -0.360. The summed E-state index contributed by atoms with van der Waals surface area (Å²) < 4.78 is 5.32. The number of aliphatic hydroxyl groups is 1. The van der Waals surface area contributed by atoms with Gasteiger partial charge in [0.05, 0.1) is 13.0 Å². The molecule has 0 aliphatic carbocycles. The summed E-state index contributed by atoms with van der Waals surface area (Å²) in [5, 5.41) is 29.9. The zero-order chi connectivity index (χ0) is 19.8. The van der Waals surface area contributed by atoms with Crippen LogP contribution in [0.2, 0.25) is 0 Å². The molecule has 2 aliphatic rings. The van der Waals surface area contributed by atoms with Crippen LogP contribution in [-0.2, 0) is 25.5 Å². The van der Waals surface area contributed by atoms with Gasteiger partial charge in [0.15, 0.2) is 0 Å². The Bertz CT molecular complexity index is 823. The number of aliphatic carboxylic acids is 1. The van der Waals surface area contributed by atoms with Gasteiger partial charge >= 0.3 is 5.97 Å². The zero-order valence-corrected chi connectivity index (χ0v) is 15.2. The Labute approximate surface area is 158 Å². The zero-order valence-electron chi connectivity index (χ0n) is 14.3. The number of carboxylic acid groups (broad SMARTS) is 1. The van der Waals surface area contributed by atoms with Crippen molar-refractivity contribution in [2.75, 3.05) is 19.5 Å². The molecule has 1 aromatic carbocycles. The Balaban J connectivity index is 1.80. The lowest BCUT2D eigenvalue weighted by atomic mass is 9.97. The van der Waals surface area contributed by atoms with E-state index in [4.69, 9.17) is 4.74 Å². The molecule has 2 aliphatic heterocycles. The highest BCUT2D eigenvalue weighted by atomic mass is 32.2. The Morgan fingerprint density at radius 3 is 2.59 bits per heavy atom. The van der Waals surface area contributed by atoms with Crippen LogP contribution in [0.3, 0.4) is 0 Å². The Morgan fingerprint density at radius 2 is 2.04 bits per heavy atom. The number of aliphatic hydroxyl groups excluding tert-OH is 1. The van der Waals surface area contributed by atoms with Gasteiger partial charge in [0.2, 0.25) is 5.91 Å². The smallest absolute Gasteiger partial charge is 0.352 e. The van der Waals surface area contributed by atoms with E-state index in [1.54, 1.807) is 12.1 Å². The van der Waals surface area contributed by atoms with Crippen LogP contribution >= 0.6 is 11.8 Å². The average molecular weight is 394 g/mol. The van der Waals surface area contributed by atoms with E-state index in [0.717, 1.165) is 4.90 Å². The van der Waals surface area contributed by atoms with Gasteiger partial charge in [-0.2, -0.15) is 0 Å². The second kappa shape index (κ2) is 7.22. The Morgan fingerprint density at radius 1 is 1.37 bits per heavy atom. The van der Waals surface area contributed by atoms with E-state index in [1.165, 1.54) is 31.0 Å². The highest BCUT2D eigenvalue weighted by Gasteiger charge is 2.66. The first kappa shape index (κ1) is 19.2. The summed E-state index contributed by atoms with van der Waals surface area (Å²) in [5.74, 6) is -2.23. The lowest BCUT2D eigenvalue weighted by Gasteiger charge is -2.55. The summed E-state index contributed by atoms with van der Waals surface area (Å²) in [5.41, 5.74) is -1.07. The average Bonchev–Trinajstić information content (AvgIpc) is 2.66. The third-order valence-corrected chi connectivity index (χ3v) is 5.83.